The molecule has 0 bridgehead atoms. The van der Waals surface area contributed by atoms with E-state index in [9.17, 15) is 4.79 Å². The number of nitrogens with one attached hydrogen (secondary N) is 2. The lowest BCUT2D eigenvalue weighted by Crippen LogP contribution is -2.23. The Hall–Kier alpha value is -0.520. The van der Waals surface area contributed by atoms with E-state index in [0.717, 1.165) is 21.5 Å². The lowest BCUT2D eigenvalue weighted by atomic mass is 10.1. The number of fused-ring (bicyclic) bond motifs is 1. The fourth-order valence-electron chi connectivity index (χ4n) is 1.92. The summed E-state index contributed by atoms with van der Waals surface area (Å²) < 4.78 is 1.06. The molecule has 5 heteroatoms. The minimum Gasteiger partial charge on any atom is -0.324 e. The second kappa shape index (κ2) is 5.63. The van der Waals surface area contributed by atoms with Crippen molar-refractivity contribution >= 4 is 39.3 Å². The van der Waals surface area contributed by atoms with Crippen LogP contribution in [0.3, 0.4) is 0 Å². The SMILES string of the molecule is CNC1C(=O)Nc2cc(SCC(C)C)c(Br)cc21. The molecule has 0 fully saturated rings. The average Bonchev–Trinajstić information content (AvgIpc) is 2.60. The zero-order valence-electron chi connectivity index (χ0n) is 10.7. The van der Waals surface area contributed by atoms with Crippen molar-refractivity contribution in [2.75, 3.05) is 18.1 Å². The van der Waals surface area contributed by atoms with E-state index in [1.165, 1.54) is 4.90 Å². The molecule has 1 unspecified atom stereocenters. The number of thioether (sulfide) groups is 1. The van der Waals surface area contributed by atoms with E-state index in [4.69, 9.17) is 0 Å². The summed E-state index contributed by atoms with van der Waals surface area (Å²) in [5, 5.41) is 5.95. The van der Waals surface area contributed by atoms with Crippen LogP contribution in [0.5, 0.6) is 0 Å². The second-order valence-electron chi connectivity index (χ2n) is 4.79. The van der Waals surface area contributed by atoms with Crippen molar-refractivity contribution in [1.82, 2.24) is 5.32 Å². The van der Waals surface area contributed by atoms with Gasteiger partial charge in [0.1, 0.15) is 6.04 Å². The number of rotatable bonds is 4. The van der Waals surface area contributed by atoms with Gasteiger partial charge in [0, 0.05) is 26.4 Å². The van der Waals surface area contributed by atoms with E-state index in [0.29, 0.717) is 5.92 Å². The van der Waals surface area contributed by atoms with Crippen LogP contribution in [0.15, 0.2) is 21.5 Å². The molecule has 98 valence electrons. The summed E-state index contributed by atoms with van der Waals surface area (Å²) >= 11 is 5.40. The van der Waals surface area contributed by atoms with Gasteiger partial charge in [-0.1, -0.05) is 13.8 Å². The molecule has 0 aromatic heterocycles. The normalized spacial score (nSPS) is 18.1. The molecule has 0 radical (unpaired) electrons. The van der Waals surface area contributed by atoms with Gasteiger partial charge in [-0.05, 0) is 41.0 Å². The van der Waals surface area contributed by atoms with Crippen LogP contribution in [0, 0.1) is 5.92 Å². The monoisotopic (exact) mass is 328 g/mol. The number of anilines is 1. The Labute approximate surface area is 120 Å². The highest BCUT2D eigenvalue weighted by atomic mass is 79.9. The third kappa shape index (κ3) is 2.73. The lowest BCUT2D eigenvalue weighted by Gasteiger charge is -2.11. The summed E-state index contributed by atoms with van der Waals surface area (Å²) in [7, 11) is 1.80. The maximum absolute atomic E-state index is 11.8. The fraction of sp³-hybridized carbons (Fsp3) is 0.462. The Balaban J connectivity index is 2.28. The number of amides is 1. The first-order valence-corrected chi connectivity index (χ1v) is 7.75. The van der Waals surface area contributed by atoms with Crippen LogP contribution in [0.1, 0.15) is 25.5 Å². The minimum atomic E-state index is -0.236. The number of carbonyl (C=O) groups excluding carboxylic acids is 1. The van der Waals surface area contributed by atoms with Crippen LogP contribution in [0.25, 0.3) is 0 Å². The van der Waals surface area contributed by atoms with E-state index in [2.05, 4.69) is 46.5 Å². The van der Waals surface area contributed by atoms with Gasteiger partial charge in [-0.3, -0.25) is 4.79 Å². The Morgan fingerprint density at radius 2 is 2.22 bits per heavy atom. The van der Waals surface area contributed by atoms with Crippen LogP contribution in [-0.4, -0.2) is 18.7 Å². The third-order valence-corrected chi connectivity index (χ3v) is 5.20. The Bertz CT molecular complexity index is 476. The molecule has 1 aromatic rings. The fourth-order valence-corrected chi connectivity index (χ4v) is 3.53. The van der Waals surface area contributed by atoms with Crippen LogP contribution in [0.2, 0.25) is 0 Å². The summed E-state index contributed by atoms with van der Waals surface area (Å²) in [6, 6.07) is 3.86. The van der Waals surface area contributed by atoms with Crippen molar-refractivity contribution in [2.45, 2.75) is 24.8 Å². The Morgan fingerprint density at radius 3 is 2.83 bits per heavy atom. The molecule has 18 heavy (non-hydrogen) atoms. The van der Waals surface area contributed by atoms with E-state index in [1.807, 2.05) is 17.8 Å². The molecule has 2 N–H and O–H groups in total. The largest absolute Gasteiger partial charge is 0.324 e. The molecule has 1 aliphatic heterocycles. The van der Waals surface area contributed by atoms with E-state index in [1.54, 1.807) is 7.05 Å². The number of halogens is 1. The molecule has 1 aliphatic rings. The highest BCUT2D eigenvalue weighted by Gasteiger charge is 2.30. The predicted molar refractivity (Wildman–Crippen MR) is 80.1 cm³/mol. The predicted octanol–water partition coefficient (Wildman–Crippen LogP) is 3.41. The van der Waals surface area contributed by atoms with Gasteiger partial charge in [-0.15, -0.1) is 11.8 Å². The summed E-state index contributed by atoms with van der Waals surface area (Å²) in [5.41, 5.74) is 1.94. The van der Waals surface area contributed by atoms with E-state index >= 15 is 0 Å². The first kappa shape index (κ1) is 13.9. The third-order valence-electron chi connectivity index (χ3n) is 2.80. The number of likely N-dealkylation sites (N-methyl/N-ethyl adjacent to an activating group) is 1. The van der Waals surface area contributed by atoms with E-state index in [-0.39, 0.29) is 11.9 Å². The van der Waals surface area contributed by atoms with Crippen molar-refractivity contribution < 1.29 is 4.79 Å². The molecule has 0 aliphatic carbocycles. The number of hydrogen-bond acceptors (Lipinski definition) is 3. The van der Waals surface area contributed by atoms with Crippen molar-refractivity contribution in [3.05, 3.63) is 22.2 Å². The number of benzene rings is 1. The van der Waals surface area contributed by atoms with Crippen molar-refractivity contribution in [3.8, 4) is 0 Å². The molecular weight excluding hydrogens is 312 g/mol. The zero-order chi connectivity index (χ0) is 13.3. The topological polar surface area (TPSA) is 41.1 Å². The van der Waals surface area contributed by atoms with Gasteiger partial charge in [-0.25, -0.2) is 0 Å². The Kier molecular flexibility index (Phi) is 4.35. The van der Waals surface area contributed by atoms with Crippen LogP contribution in [-0.2, 0) is 4.79 Å². The molecule has 1 amide bonds. The van der Waals surface area contributed by atoms with Gasteiger partial charge in [0.05, 0.1) is 0 Å². The highest BCUT2D eigenvalue weighted by Crippen LogP contribution is 2.39. The van der Waals surface area contributed by atoms with Crippen LogP contribution >= 0.6 is 27.7 Å². The molecular formula is C13H17BrN2OS. The number of carbonyl (C=O) groups is 1. The van der Waals surface area contributed by atoms with Gasteiger partial charge in [0.25, 0.3) is 0 Å². The summed E-state index contributed by atoms with van der Waals surface area (Å²) in [4.78, 5) is 12.9. The lowest BCUT2D eigenvalue weighted by molar-refractivity contribution is -0.117. The maximum atomic E-state index is 11.8. The molecule has 0 saturated heterocycles. The minimum absolute atomic E-state index is 0.0189. The molecule has 3 nitrogen and oxygen atoms in total. The maximum Gasteiger partial charge on any atom is 0.246 e. The molecule has 0 spiro atoms. The van der Waals surface area contributed by atoms with Gasteiger partial charge < -0.3 is 10.6 Å². The first-order chi connectivity index (χ1) is 8.52. The van der Waals surface area contributed by atoms with Gasteiger partial charge in [0.15, 0.2) is 0 Å². The molecule has 1 atom stereocenters. The van der Waals surface area contributed by atoms with Crippen molar-refractivity contribution in [1.29, 1.82) is 0 Å². The van der Waals surface area contributed by atoms with Gasteiger partial charge in [-0.2, -0.15) is 0 Å². The van der Waals surface area contributed by atoms with Crippen LogP contribution in [0.4, 0.5) is 5.69 Å². The van der Waals surface area contributed by atoms with Crippen LogP contribution < -0.4 is 10.6 Å². The highest BCUT2D eigenvalue weighted by molar-refractivity contribution is 9.10. The van der Waals surface area contributed by atoms with Crippen molar-refractivity contribution in [2.24, 2.45) is 5.92 Å². The smallest absolute Gasteiger partial charge is 0.246 e. The quantitative estimate of drug-likeness (QED) is 0.832. The zero-order valence-corrected chi connectivity index (χ0v) is 13.1. The molecule has 0 saturated carbocycles. The van der Waals surface area contributed by atoms with Gasteiger partial charge >= 0.3 is 0 Å². The standard InChI is InChI=1S/C13H17BrN2OS/c1-7(2)6-18-11-5-10-8(4-9(11)14)12(15-3)13(17)16-10/h4-5,7,12,15H,6H2,1-3H3,(H,16,17). The molecule has 1 heterocycles. The second-order valence-corrected chi connectivity index (χ2v) is 6.70. The first-order valence-electron chi connectivity index (χ1n) is 5.97. The molecule has 1 aromatic carbocycles. The van der Waals surface area contributed by atoms with E-state index < -0.39 is 0 Å². The molecule has 2 rings (SSSR count). The van der Waals surface area contributed by atoms with Crippen molar-refractivity contribution in [3.63, 3.8) is 0 Å². The summed E-state index contributed by atoms with van der Waals surface area (Å²) in [5.74, 6) is 1.74. The summed E-state index contributed by atoms with van der Waals surface area (Å²) in [6.07, 6.45) is 0. The van der Waals surface area contributed by atoms with Gasteiger partial charge in [0.2, 0.25) is 5.91 Å². The summed E-state index contributed by atoms with van der Waals surface area (Å²) in [6.45, 7) is 4.40. The average molecular weight is 329 g/mol. The number of hydrogen-bond donors (Lipinski definition) is 2. The Morgan fingerprint density at radius 1 is 1.50 bits per heavy atom.